The number of amides is 1. The smallest absolute Gasteiger partial charge is 0.258 e. The topological polar surface area (TPSA) is 96.3 Å². The molecule has 2 N–H and O–H groups in total. The summed E-state index contributed by atoms with van der Waals surface area (Å²) in [6.45, 7) is 1.90. The Hall–Kier alpha value is -2.17. The number of aromatic nitrogens is 1. The van der Waals surface area contributed by atoms with Crippen molar-refractivity contribution >= 4 is 5.91 Å². The number of hydrogen-bond acceptors (Lipinski definition) is 6. The van der Waals surface area contributed by atoms with Gasteiger partial charge in [0.1, 0.15) is 12.3 Å². The van der Waals surface area contributed by atoms with Crippen LogP contribution in [0, 0.1) is 11.3 Å². The summed E-state index contributed by atoms with van der Waals surface area (Å²) in [4.78, 5) is 15.4. The molecule has 0 radical (unpaired) electrons. The van der Waals surface area contributed by atoms with Gasteiger partial charge < -0.3 is 20.1 Å². The van der Waals surface area contributed by atoms with Gasteiger partial charge in [-0.2, -0.15) is 5.26 Å². The predicted molar refractivity (Wildman–Crippen MR) is 71.9 cm³/mol. The molecule has 0 atom stereocenters. The Labute approximate surface area is 117 Å². The normalized spacial score (nSPS) is 9.80. The molecule has 108 valence electrons. The second-order valence-corrected chi connectivity index (χ2v) is 3.88. The summed E-state index contributed by atoms with van der Waals surface area (Å²) in [7, 11) is 1.65. The van der Waals surface area contributed by atoms with Gasteiger partial charge >= 0.3 is 0 Å². The molecule has 7 nitrogen and oxygen atoms in total. The molecule has 0 aliphatic carbocycles. The Bertz CT molecular complexity index is 442. The molecule has 0 aromatic carbocycles. The summed E-state index contributed by atoms with van der Waals surface area (Å²) in [5.41, 5.74) is 0.877. The third-order valence-electron chi connectivity index (χ3n) is 2.32. The Morgan fingerprint density at radius 3 is 3.00 bits per heavy atom. The molecule has 1 amide bonds. The van der Waals surface area contributed by atoms with Crippen molar-refractivity contribution < 1.29 is 14.3 Å². The SMILES string of the molecule is COCCNCc1ccc(OCC(=O)NCC#N)cn1. The first-order chi connectivity index (χ1) is 9.76. The van der Waals surface area contributed by atoms with Crippen LogP contribution < -0.4 is 15.4 Å². The molecule has 0 fully saturated rings. The van der Waals surface area contributed by atoms with Crippen molar-refractivity contribution in [3.8, 4) is 11.8 Å². The van der Waals surface area contributed by atoms with Crippen molar-refractivity contribution in [2.75, 3.05) is 33.4 Å². The molecule has 0 saturated heterocycles. The zero-order valence-electron chi connectivity index (χ0n) is 11.4. The maximum absolute atomic E-state index is 11.2. The van der Waals surface area contributed by atoms with Gasteiger partial charge in [0.05, 0.1) is 24.6 Å². The van der Waals surface area contributed by atoms with E-state index in [1.807, 2.05) is 12.1 Å². The second kappa shape index (κ2) is 9.72. The Morgan fingerprint density at radius 2 is 2.35 bits per heavy atom. The van der Waals surface area contributed by atoms with E-state index in [9.17, 15) is 4.79 Å². The first-order valence-electron chi connectivity index (χ1n) is 6.17. The van der Waals surface area contributed by atoms with E-state index >= 15 is 0 Å². The average molecular weight is 278 g/mol. The van der Waals surface area contributed by atoms with Gasteiger partial charge in [-0.05, 0) is 12.1 Å². The van der Waals surface area contributed by atoms with Crippen molar-refractivity contribution in [1.29, 1.82) is 5.26 Å². The van der Waals surface area contributed by atoms with Crippen LogP contribution in [0.2, 0.25) is 0 Å². The lowest BCUT2D eigenvalue weighted by molar-refractivity contribution is -0.122. The van der Waals surface area contributed by atoms with Gasteiger partial charge in [-0.15, -0.1) is 0 Å². The van der Waals surface area contributed by atoms with Crippen LogP contribution >= 0.6 is 0 Å². The summed E-state index contributed by atoms with van der Waals surface area (Å²) >= 11 is 0. The highest BCUT2D eigenvalue weighted by Crippen LogP contribution is 2.08. The molecule has 0 bridgehead atoms. The van der Waals surface area contributed by atoms with E-state index in [1.165, 1.54) is 0 Å². The molecule has 1 aromatic heterocycles. The molecule has 0 aliphatic heterocycles. The van der Waals surface area contributed by atoms with Crippen LogP contribution in [0.3, 0.4) is 0 Å². The molecule has 20 heavy (non-hydrogen) atoms. The van der Waals surface area contributed by atoms with E-state index in [2.05, 4.69) is 15.6 Å². The van der Waals surface area contributed by atoms with Crippen LogP contribution in [0.1, 0.15) is 5.69 Å². The van der Waals surface area contributed by atoms with Gasteiger partial charge in [-0.25, -0.2) is 0 Å². The lowest BCUT2D eigenvalue weighted by Gasteiger charge is -2.07. The van der Waals surface area contributed by atoms with Crippen LogP contribution in [-0.2, 0) is 16.1 Å². The summed E-state index contributed by atoms with van der Waals surface area (Å²) in [6, 6.07) is 5.39. The van der Waals surface area contributed by atoms with Crippen LogP contribution in [0.5, 0.6) is 5.75 Å². The van der Waals surface area contributed by atoms with E-state index in [0.29, 0.717) is 18.9 Å². The molecule has 0 spiro atoms. The van der Waals surface area contributed by atoms with Crippen LogP contribution in [0.15, 0.2) is 18.3 Å². The van der Waals surface area contributed by atoms with Crippen LogP contribution in [-0.4, -0.2) is 44.3 Å². The Balaban J connectivity index is 2.28. The van der Waals surface area contributed by atoms with Gasteiger partial charge in [0.2, 0.25) is 0 Å². The monoisotopic (exact) mass is 278 g/mol. The maximum atomic E-state index is 11.2. The number of carbonyl (C=O) groups excluding carboxylic acids is 1. The Kier molecular flexibility index (Phi) is 7.72. The number of methoxy groups -OCH3 is 1. The van der Waals surface area contributed by atoms with Crippen molar-refractivity contribution in [2.45, 2.75) is 6.54 Å². The number of hydrogen-bond donors (Lipinski definition) is 2. The van der Waals surface area contributed by atoms with Crippen LogP contribution in [0.4, 0.5) is 0 Å². The minimum atomic E-state index is -0.336. The number of nitriles is 1. The molecular formula is C13H18N4O3. The summed E-state index contributed by atoms with van der Waals surface area (Å²) in [5, 5.41) is 13.9. The fourth-order valence-corrected chi connectivity index (χ4v) is 1.33. The molecule has 0 saturated carbocycles. The summed E-state index contributed by atoms with van der Waals surface area (Å²) < 4.78 is 10.2. The highest BCUT2D eigenvalue weighted by Gasteiger charge is 2.02. The van der Waals surface area contributed by atoms with Crippen molar-refractivity contribution in [3.63, 3.8) is 0 Å². The van der Waals surface area contributed by atoms with Crippen molar-refractivity contribution in [1.82, 2.24) is 15.6 Å². The zero-order valence-corrected chi connectivity index (χ0v) is 11.4. The Morgan fingerprint density at radius 1 is 1.50 bits per heavy atom. The van der Waals surface area contributed by atoms with Crippen LogP contribution in [0.25, 0.3) is 0 Å². The van der Waals surface area contributed by atoms with E-state index in [-0.39, 0.29) is 19.1 Å². The van der Waals surface area contributed by atoms with E-state index in [1.54, 1.807) is 19.4 Å². The highest BCUT2D eigenvalue weighted by molar-refractivity contribution is 5.77. The molecule has 0 aliphatic rings. The number of ether oxygens (including phenoxy) is 2. The minimum Gasteiger partial charge on any atom is -0.482 e. The summed E-state index contributed by atoms with van der Waals surface area (Å²) in [5.74, 6) is 0.176. The number of nitrogens with zero attached hydrogens (tertiary/aromatic N) is 2. The number of pyridine rings is 1. The third kappa shape index (κ3) is 6.68. The second-order valence-electron chi connectivity index (χ2n) is 3.88. The van der Waals surface area contributed by atoms with E-state index in [4.69, 9.17) is 14.7 Å². The molecule has 0 unspecified atom stereocenters. The average Bonchev–Trinajstić information content (AvgIpc) is 2.48. The van der Waals surface area contributed by atoms with Crippen molar-refractivity contribution in [3.05, 3.63) is 24.0 Å². The van der Waals surface area contributed by atoms with Gasteiger partial charge in [0, 0.05) is 20.2 Å². The number of carbonyl (C=O) groups is 1. The fourth-order valence-electron chi connectivity index (χ4n) is 1.33. The first kappa shape index (κ1) is 15.9. The minimum absolute atomic E-state index is 0.0213. The number of nitrogens with one attached hydrogen (secondary N) is 2. The third-order valence-corrected chi connectivity index (χ3v) is 2.32. The molecule has 1 aromatic rings. The number of rotatable bonds is 9. The van der Waals surface area contributed by atoms with Gasteiger partial charge in [-0.1, -0.05) is 0 Å². The molecule has 7 heteroatoms. The van der Waals surface area contributed by atoms with E-state index < -0.39 is 0 Å². The zero-order chi connectivity index (χ0) is 14.6. The van der Waals surface area contributed by atoms with Gasteiger partial charge in [0.15, 0.2) is 6.61 Å². The maximum Gasteiger partial charge on any atom is 0.258 e. The molecule has 1 heterocycles. The van der Waals surface area contributed by atoms with Gasteiger partial charge in [-0.3, -0.25) is 9.78 Å². The predicted octanol–water partition coefficient (Wildman–Crippen LogP) is -0.164. The molecule has 1 rings (SSSR count). The van der Waals surface area contributed by atoms with Gasteiger partial charge in [0.25, 0.3) is 5.91 Å². The fraction of sp³-hybridized carbons (Fsp3) is 0.462. The first-order valence-corrected chi connectivity index (χ1v) is 6.17. The van der Waals surface area contributed by atoms with Crippen molar-refractivity contribution in [2.24, 2.45) is 0 Å². The summed E-state index contributed by atoms with van der Waals surface area (Å²) in [6.07, 6.45) is 1.56. The largest absolute Gasteiger partial charge is 0.482 e. The lowest BCUT2D eigenvalue weighted by Crippen LogP contribution is -2.29. The quantitative estimate of drug-likeness (QED) is 0.481. The standard InChI is InChI=1S/C13H18N4O3/c1-19-7-6-15-8-11-2-3-12(9-17-11)20-10-13(18)16-5-4-14/h2-3,9,15H,5-8,10H2,1H3,(H,16,18). The highest BCUT2D eigenvalue weighted by atomic mass is 16.5. The van der Waals surface area contributed by atoms with E-state index in [0.717, 1.165) is 12.2 Å². The molecular weight excluding hydrogens is 260 g/mol. The lowest BCUT2D eigenvalue weighted by atomic mass is 10.3.